The van der Waals surface area contributed by atoms with Crippen molar-refractivity contribution in [3.8, 4) is 0 Å². The first-order valence-corrected chi connectivity index (χ1v) is 8.90. The van der Waals surface area contributed by atoms with Crippen LogP contribution in [0.25, 0.3) is 11.0 Å². The van der Waals surface area contributed by atoms with Crippen molar-refractivity contribution in [2.45, 2.75) is 26.4 Å². The molecular weight excluding hydrogens is 320 g/mol. The lowest BCUT2D eigenvalue weighted by atomic mass is 10.2. The van der Waals surface area contributed by atoms with Gasteiger partial charge in [-0.15, -0.1) is 11.3 Å². The minimum absolute atomic E-state index is 0.658. The number of aliphatic imine (C=N–C) groups is 1. The molecule has 0 amide bonds. The number of para-hydroxylation sites is 1. The molecule has 0 saturated heterocycles. The number of benzene rings is 1. The summed E-state index contributed by atoms with van der Waals surface area (Å²) in [5.74, 6) is 1.74. The Kier molecular flexibility index (Phi) is 5.15. The van der Waals surface area contributed by atoms with Crippen LogP contribution in [0.15, 0.2) is 45.1 Å². The molecule has 126 valence electrons. The van der Waals surface area contributed by atoms with Crippen molar-refractivity contribution < 1.29 is 4.42 Å². The third-order valence-corrected chi connectivity index (χ3v) is 4.81. The van der Waals surface area contributed by atoms with E-state index in [1.165, 1.54) is 0 Å². The maximum Gasteiger partial charge on any atom is 0.194 e. The van der Waals surface area contributed by atoms with Gasteiger partial charge in [-0.25, -0.2) is 4.98 Å². The number of guanidine groups is 1. The van der Waals surface area contributed by atoms with Crippen molar-refractivity contribution in [3.05, 3.63) is 52.2 Å². The van der Waals surface area contributed by atoms with Gasteiger partial charge in [0.05, 0.1) is 23.8 Å². The zero-order valence-corrected chi connectivity index (χ0v) is 15.1. The lowest BCUT2D eigenvalue weighted by Gasteiger charge is -2.20. The van der Waals surface area contributed by atoms with Crippen molar-refractivity contribution >= 4 is 28.3 Å². The Hall–Kier alpha value is -2.34. The molecule has 5 nitrogen and oxygen atoms in total. The molecule has 24 heavy (non-hydrogen) atoms. The first-order valence-electron chi connectivity index (χ1n) is 8.02. The van der Waals surface area contributed by atoms with Crippen molar-refractivity contribution in [3.63, 3.8) is 0 Å². The number of hydrogen-bond donors (Lipinski definition) is 1. The summed E-state index contributed by atoms with van der Waals surface area (Å²) in [4.78, 5) is 11.0. The molecule has 0 aliphatic rings. The van der Waals surface area contributed by atoms with Gasteiger partial charge in [-0.1, -0.05) is 25.1 Å². The predicted molar refractivity (Wildman–Crippen MR) is 99.4 cm³/mol. The number of hydrogen-bond acceptors (Lipinski definition) is 4. The van der Waals surface area contributed by atoms with Gasteiger partial charge in [0.15, 0.2) is 5.96 Å². The maximum absolute atomic E-state index is 5.88. The number of nitrogens with one attached hydrogen (secondary N) is 1. The van der Waals surface area contributed by atoms with Crippen LogP contribution in [-0.4, -0.2) is 29.9 Å². The molecule has 0 aliphatic carbocycles. The number of aromatic nitrogens is 1. The van der Waals surface area contributed by atoms with Crippen LogP contribution in [0.2, 0.25) is 0 Å². The summed E-state index contributed by atoms with van der Waals surface area (Å²) in [6.45, 7) is 3.45. The van der Waals surface area contributed by atoms with E-state index in [1.54, 1.807) is 18.4 Å². The van der Waals surface area contributed by atoms with Gasteiger partial charge in [0.1, 0.15) is 11.3 Å². The molecule has 0 saturated carbocycles. The van der Waals surface area contributed by atoms with Gasteiger partial charge in [-0.05, 0) is 18.6 Å². The number of aryl methyl sites for hydroxylation is 1. The van der Waals surface area contributed by atoms with Crippen LogP contribution in [0, 0.1) is 0 Å². The number of furan rings is 1. The minimum atomic E-state index is 0.658. The fourth-order valence-corrected chi connectivity index (χ4v) is 3.31. The van der Waals surface area contributed by atoms with Crippen LogP contribution in [0.5, 0.6) is 0 Å². The molecule has 0 fully saturated rings. The smallest absolute Gasteiger partial charge is 0.194 e. The van der Waals surface area contributed by atoms with E-state index < -0.39 is 0 Å². The van der Waals surface area contributed by atoms with Crippen LogP contribution in [-0.2, 0) is 19.5 Å². The highest BCUT2D eigenvalue weighted by Gasteiger charge is 2.11. The first-order chi connectivity index (χ1) is 11.7. The Labute approximate surface area is 146 Å². The first kappa shape index (κ1) is 16.5. The Morgan fingerprint density at radius 2 is 2.21 bits per heavy atom. The number of thiazole rings is 1. The summed E-state index contributed by atoms with van der Waals surface area (Å²) < 4.78 is 5.88. The van der Waals surface area contributed by atoms with E-state index in [1.807, 2.05) is 30.1 Å². The Bertz CT molecular complexity index is 803. The fraction of sp³-hybridized carbons (Fsp3) is 0.333. The highest BCUT2D eigenvalue weighted by atomic mass is 32.1. The van der Waals surface area contributed by atoms with E-state index in [9.17, 15) is 0 Å². The third-order valence-electron chi connectivity index (χ3n) is 3.77. The van der Waals surface area contributed by atoms with Gasteiger partial charge in [0.2, 0.25) is 0 Å². The largest absolute Gasteiger partial charge is 0.459 e. The molecule has 0 radical (unpaired) electrons. The highest BCUT2D eigenvalue weighted by Crippen LogP contribution is 2.19. The molecule has 0 atom stereocenters. The SMILES string of the molecule is CCc1nc(CNC(=NC)N(C)Cc2cc3ccccc3o2)cs1. The molecule has 0 aliphatic heterocycles. The van der Waals surface area contributed by atoms with E-state index in [2.05, 4.69) is 39.7 Å². The van der Waals surface area contributed by atoms with E-state index >= 15 is 0 Å². The lowest BCUT2D eigenvalue weighted by molar-refractivity contribution is 0.412. The Morgan fingerprint density at radius 1 is 1.38 bits per heavy atom. The number of rotatable bonds is 5. The topological polar surface area (TPSA) is 53.7 Å². The second-order valence-electron chi connectivity index (χ2n) is 5.59. The molecule has 0 unspecified atom stereocenters. The molecule has 3 rings (SSSR count). The second-order valence-corrected chi connectivity index (χ2v) is 6.54. The molecule has 0 bridgehead atoms. The highest BCUT2D eigenvalue weighted by molar-refractivity contribution is 7.09. The van der Waals surface area contributed by atoms with Crippen LogP contribution in [0.1, 0.15) is 23.4 Å². The van der Waals surface area contributed by atoms with Gasteiger partial charge < -0.3 is 14.6 Å². The molecule has 1 N–H and O–H groups in total. The van der Waals surface area contributed by atoms with Crippen LogP contribution < -0.4 is 5.32 Å². The third kappa shape index (κ3) is 3.76. The fourth-order valence-electron chi connectivity index (χ4n) is 2.57. The quantitative estimate of drug-likeness (QED) is 0.568. The molecular formula is C18H22N4OS. The monoisotopic (exact) mass is 342 g/mol. The van der Waals surface area contributed by atoms with Crippen molar-refractivity contribution in [2.24, 2.45) is 4.99 Å². The summed E-state index contributed by atoms with van der Waals surface area (Å²) in [6, 6.07) is 10.1. The maximum atomic E-state index is 5.88. The normalized spacial score (nSPS) is 11.9. The van der Waals surface area contributed by atoms with Crippen LogP contribution >= 0.6 is 11.3 Å². The second kappa shape index (κ2) is 7.49. The number of fused-ring (bicyclic) bond motifs is 1. The average molecular weight is 342 g/mol. The van der Waals surface area contributed by atoms with Gasteiger partial charge in [-0.3, -0.25) is 4.99 Å². The molecule has 6 heteroatoms. The molecule has 1 aromatic carbocycles. The van der Waals surface area contributed by atoms with Crippen molar-refractivity contribution in [1.29, 1.82) is 0 Å². The zero-order valence-electron chi connectivity index (χ0n) is 14.2. The molecule has 2 heterocycles. The summed E-state index contributed by atoms with van der Waals surface area (Å²) >= 11 is 1.70. The lowest BCUT2D eigenvalue weighted by Crippen LogP contribution is -2.38. The Balaban J connectivity index is 1.62. The zero-order chi connectivity index (χ0) is 16.9. The van der Waals surface area contributed by atoms with Crippen molar-refractivity contribution in [1.82, 2.24) is 15.2 Å². The summed E-state index contributed by atoms with van der Waals surface area (Å²) in [6.07, 6.45) is 0.978. The molecule has 3 aromatic rings. The summed E-state index contributed by atoms with van der Waals surface area (Å²) in [5, 5.41) is 7.74. The average Bonchev–Trinajstić information content (AvgIpc) is 3.21. The molecule has 2 aromatic heterocycles. The van der Waals surface area contributed by atoms with Crippen LogP contribution in [0.3, 0.4) is 0 Å². The van der Waals surface area contributed by atoms with Gasteiger partial charge in [0.25, 0.3) is 0 Å². The summed E-state index contributed by atoms with van der Waals surface area (Å²) in [5.41, 5.74) is 1.97. The predicted octanol–water partition coefficient (Wildman–Crippen LogP) is 3.66. The van der Waals surface area contributed by atoms with Gasteiger partial charge >= 0.3 is 0 Å². The standard InChI is InChI=1S/C18H22N4OS/c1-4-17-21-14(12-24-17)10-20-18(19-2)22(3)11-15-9-13-7-5-6-8-16(13)23-15/h5-9,12H,4,10-11H2,1-3H3,(H,19,20). The van der Waals surface area contributed by atoms with E-state index in [4.69, 9.17) is 4.42 Å². The van der Waals surface area contributed by atoms with E-state index in [0.717, 1.165) is 39.8 Å². The summed E-state index contributed by atoms with van der Waals surface area (Å²) in [7, 11) is 3.79. The van der Waals surface area contributed by atoms with Crippen LogP contribution in [0.4, 0.5) is 0 Å². The molecule has 0 spiro atoms. The van der Waals surface area contributed by atoms with Crippen molar-refractivity contribution in [2.75, 3.05) is 14.1 Å². The van der Waals surface area contributed by atoms with E-state index in [0.29, 0.717) is 13.1 Å². The van der Waals surface area contributed by atoms with Gasteiger partial charge in [0, 0.05) is 24.9 Å². The number of nitrogens with zero attached hydrogens (tertiary/aromatic N) is 3. The minimum Gasteiger partial charge on any atom is -0.459 e. The Morgan fingerprint density at radius 3 is 2.92 bits per heavy atom. The van der Waals surface area contributed by atoms with Gasteiger partial charge in [-0.2, -0.15) is 0 Å². The van der Waals surface area contributed by atoms with E-state index in [-0.39, 0.29) is 0 Å².